The third-order valence-corrected chi connectivity index (χ3v) is 4.14. The third kappa shape index (κ3) is 3.19. The molecule has 0 aliphatic carbocycles. The molecule has 3 heteroatoms. The Balaban J connectivity index is 1.77. The van der Waals surface area contributed by atoms with E-state index < -0.39 is 0 Å². The summed E-state index contributed by atoms with van der Waals surface area (Å²) < 4.78 is 5.45. The van der Waals surface area contributed by atoms with Crippen LogP contribution in [0, 0.1) is 11.3 Å². The summed E-state index contributed by atoms with van der Waals surface area (Å²) in [6, 6.07) is 0. The fraction of sp³-hybridized carbons (Fsp3) is 1.00. The second-order valence-corrected chi connectivity index (χ2v) is 6.16. The third-order valence-electron chi connectivity index (χ3n) is 4.14. The Morgan fingerprint density at radius 2 is 2.00 bits per heavy atom. The van der Waals surface area contributed by atoms with E-state index in [1.807, 2.05) is 0 Å². The predicted molar refractivity (Wildman–Crippen MR) is 64.4 cm³/mol. The molecule has 0 aromatic carbocycles. The molecule has 0 spiro atoms. The van der Waals surface area contributed by atoms with E-state index in [1.165, 1.54) is 25.9 Å². The zero-order chi connectivity index (χ0) is 11.6. The van der Waals surface area contributed by atoms with Crippen molar-refractivity contribution in [2.75, 3.05) is 32.8 Å². The molecule has 2 saturated heterocycles. The highest BCUT2D eigenvalue weighted by molar-refractivity contribution is 4.82. The Labute approximate surface area is 98.8 Å². The van der Waals surface area contributed by atoms with Crippen molar-refractivity contribution in [1.82, 2.24) is 4.90 Å². The fourth-order valence-electron chi connectivity index (χ4n) is 2.63. The Hall–Kier alpha value is -0.120. The van der Waals surface area contributed by atoms with Gasteiger partial charge in [0, 0.05) is 19.1 Å². The first-order valence-electron chi connectivity index (χ1n) is 6.55. The van der Waals surface area contributed by atoms with Gasteiger partial charge in [-0.05, 0) is 37.8 Å². The number of aliphatic hydroxyl groups is 1. The molecule has 2 aliphatic heterocycles. The molecule has 0 saturated carbocycles. The maximum atomic E-state index is 9.90. The maximum absolute atomic E-state index is 9.90. The van der Waals surface area contributed by atoms with Crippen molar-refractivity contribution < 1.29 is 9.84 Å². The van der Waals surface area contributed by atoms with Crippen LogP contribution < -0.4 is 0 Å². The molecule has 2 atom stereocenters. The van der Waals surface area contributed by atoms with E-state index in [4.69, 9.17) is 4.74 Å². The number of hydrogen-bond donors (Lipinski definition) is 1. The van der Waals surface area contributed by atoms with Crippen LogP contribution in [0.25, 0.3) is 0 Å². The van der Waals surface area contributed by atoms with Gasteiger partial charge in [-0.15, -0.1) is 0 Å². The number of likely N-dealkylation sites (tertiary alicyclic amines) is 1. The quantitative estimate of drug-likeness (QED) is 0.776. The number of nitrogens with zero attached hydrogens (tertiary/aromatic N) is 1. The first-order valence-corrected chi connectivity index (χ1v) is 6.55. The van der Waals surface area contributed by atoms with Gasteiger partial charge in [0.15, 0.2) is 0 Å². The van der Waals surface area contributed by atoms with Crippen LogP contribution in [0.5, 0.6) is 0 Å². The number of aliphatic hydroxyl groups excluding tert-OH is 1. The Kier molecular flexibility index (Phi) is 3.88. The van der Waals surface area contributed by atoms with Crippen molar-refractivity contribution in [3.05, 3.63) is 0 Å². The van der Waals surface area contributed by atoms with Crippen molar-refractivity contribution in [3.63, 3.8) is 0 Å². The standard InChI is InChI=1S/C13H25NO2/c1-13(2)4-6-14(7-5-13)9-11-10-16-8-3-12(11)15/h11-12,15H,3-10H2,1-2H3. The number of hydrogen-bond acceptors (Lipinski definition) is 3. The highest BCUT2D eigenvalue weighted by Gasteiger charge is 2.30. The van der Waals surface area contributed by atoms with Gasteiger partial charge in [-0.1, -0.05) is 13.8 Å². The van der Waals surface area contributed by atoms with Crippen LogP contribution in [-0.4, -0.2) is 49.0 Å². The lowest BCUT2D eigenvalue weighted by Crippen LogP contribution is -2.45. The van der Waals surface area contributed by atoms with Gasteiger partial charge in [-0.2, -0.15) is 0 Å². The first kappa shape index (κ1) is 12.3. The molecule has 0 bridgehead atoms. The first-order chi connectivity index (χ1) is 7.57. The minimum atomic E-state index is -0.149. The molecule has 0 aromatic heterocycles. The zero-order valence-corrected chi connectivity index (χ0v) is 10.6. The van der Waals surface area contributed by atoms with Crippen molar-refractivity contribution in [2.24, 2.45) is 11.3 Å². The van der Waals surface area contributed by atoms with E-state index in [9.17, 15) is 5.11 Å². The van der Waals surface area contributed by atoms with Gasteiger partial charge in [0.25, 0.3) is 0 Å². The summed E-state index contributed by atoms with van der Waals surface area (Å²) >= 11 is 0. The smallest absolute Gasteiger partial charge is 0.0624 e. The molecule has 2 aliphatic rings. The topological polar surface area (TPSA) is 32.7 Å². The summed E-state index contributed by atoms with van der Waals surface area (Å²) in [6.07, 6.45) is 3.21. The fourth-order valence-corrected chi connectivity index (χ4v) is 2.63. The van der Waals surface area contributed by atoms with E-state index in [2.05, 4.69) is 18.7 Å². The number of ether oxygens (including phenoxy) is 1. The molecular weight excluding hydrogens is 202 g/mol. The SMILES string of the molecule is CC1(C)CCN(CC2COCCC2O)CC1. The normalized spacial score (nSPS) is 36.2. The zero-order valence-electron chi connectivity index (χ0n) is 10.6. The van der Waals surface area contributed by atoms with Crippen LogP contribution in [0.3, 0.4) is 0 Å². The van der Waals surface area contributed by atoms with Gasteiger partial charge in [-0.3, -0.25) is 0 Å². The van der Waals surface area contributed by atoms with E-state index in [1.54, 1.807) is 0 Å². The minimum Gasteiger partial charge on any atom is -0.393 e. The second-order valence-electron chi connectivity index (χ2n) is 6.16. The monoisotopic (exact) mass is 227 g/mol. The van der Waals surface area contributed by atoms with Gasteiger partial charge >= 0.3 is 0 Å². The molecule has 16 heavy (non-hydrogen) atoms. The van der Waals surface area contributed by atoms with Crippen LogP contribution in [0.1, 0.15) is 33.1 Å². The van der Waals surface area contributed by atoms with E-state index in [0.717, 1.165) is 26.2 Å². The highest BCUT2D eigenvalue weighted by Crippen LogP contribution is 2.30. The highest BCUT2D eigenvalue weighted by atomic mass is 16.5. The predicted octanol–water partition coefficient (Wildman–Crippen LogP) is 1.51. The average Bonchev–Trinajstić information content (AvgIpc) is 2.24. The summed E-state index contributed by atoms with van der Waals surface area (Å²) in [7, 11) is 0. The van der Waals surface area contributed by atoms with E-state index in [-0.39, 0.29) is 6.10 Å². The number of piperidine rings is 1. The lowest BCUT2D eigenvalue weighted by molar-refractivity contribution is -0.0507. The molecule has 94 valence electrons. The number of rotatable bonds is 2. The summed E-state index contributed by atoms with van der Waals surface area (Å²) in [6.45, 7) is 9.53. The molecular formula is C13H25NO2. The summed E-state index contributed by atoms with van der Waals surface area (Å²) in [5.74, 6) is 0.329. The summed E-state index contributed by atoms with van der Waals surface area (Å²) in [5, 5.41) is 9.90. The Morgan fingerprint density at radius 3 is 2.62 bits per heavy atom. The van der Waals surface area contributed by atoms with Gasteiger partial charge < -0.3 is 14.7 Å². The lowest BCUT2D eigenvalue weighted by atomic mass is 9.82. The molecule has 2 unspecified atom stereocenters. The van der Waals surface area contributed by atoms with Gasteiger partial charge in [0.1, 0.15) is 0 Å². The van der Waals surface area contributed by atoms with Gasteiger partial charge in [0.2, 0.25) is 0 Å². The minimum absolute atomic E-state index is 0.149. The van der Waals surface area contributed by atoms with Crippen molar-refractivity contribution in [2.45, 2.75) is 39.2 Å². The largest absolute Gasteiger partial charge is 0.393 e. The van der Waals surface area contributed by atoms with E-state index in [0.29, 0.717) is 11.3 Å². The lowest BCUT2D eigenvalue weighted by Gasteiger charge is -2.39. The average molecular weight is 227 g/mol. The Morgan fingerprint density at radius 1 is 1.31 bits per heavy atom. The van der Waals surface area contributed by atoms with Crippen LogP contribution in [-0.2, 0) is 4.74 Å². The molecule has 0 amide bonds. The molecule has 0 radical (unpaired) electrons. The van der Waals surface area contributed by atoms with Gasteiger partial charge in [-0.25, -0.2) is 0 Å². The Bertz CT molecular complexity index is 220. The van der Waals surface area contributed by atoms with Gasteiger partial charge in [0.05, 0.1) is 12.7 Å². The molecule has 2 fully saturated rings. The van der Waals surface area contributed by atoms with Crippen LogP contribution in [0.4, 0.5) is 0 Å². The van der Waals surface area contributed by atoms with E-state index >= 15 is 0 Å². The summed E-state index contributed by atoms with van der Waals surface area (Å²) in [5.41, 5.74) is 0.512. The van der Waals surface area contributed by atoms with Crippen molar-refractivity contribution >= 4 is 0 Å². The van der Waals surface area contributed by atoms with Crippen LogP contribution in [0.2, 0.25) is 0 Å². The molecule has 2 heterocycles. The molecule has 3 nitrogen and oxygen atoms in total. The summed E-state index contributed by atoms with van der Waals surface area (Å²) in [4.78, 5) is 2.49. The van der Waals surface area contributed by atoms with Crippen LogP contribution >= 0.6 is 0 Å². The second kappa shape index (κ2) is 5.03. The van der Waals surface area contributed by atoms with Crippen molar-refractivity contribution in [1.29, 1.82) is 0 Å². The van der Waals surface area contributed by atoms with Crippen molar-refractivity contribution in [3.8, 4) is 0 Å². The molecule has 2 rings (SSSR count). The molecule has 1 N–H and O–H groups in total. The van der Waals surface area contributed by atoms with Crippen LogP contribution in [0.15, 0.2) is 0 Å². The maximum Gasteiger partial charge on any atom is 0.0624 e. The molecule has 0 aromatic rings.